The van der Waals surface area contributed by atoms with Crippen molar-refractivity contribution in [3.05, 3.63) is 59.1 Å². The van der Waals surface area contributed by atoms with E-state index in [4.69, 9.17) is 16.3 Å². The lowest BCUT2D eigenvalue weighted by atomic mass is 9.81. The Labute approximate surface area is 173 Å². The second-order valence-electron chi connectivity index (χ2n) is 8.11. The van der Waals surface area contributed by atoms with Crippen LogP contribution >= 0.6 is 11.6 Å². The minimum atomic E-state index is -0.154. The number of halogens is 1. The van der Waals surface area contributed by atoms with Gasteiger partial charge >= 0.3 is 0 Å². The molecule has 2 bridgehead atoms. The van der Waals surface area contributed by atoms with Crippen LogP contribution in [0, 0.1) is 23.7 Å². The number of ether oxygens (including phenoxy) is 1. The van der Waals surface area contributed by atoms with Gasteiger partial charge in [-0.3, -0.25) is 19.3 Å². The van der Waals surface area contributed by atoms with E-state index < -0.39 is 0 Å². The quantitative estimate of drug-likeness (QED) is 0.550. The molecule has 1 heterocycles. The van der Waals surface area contributed by atoms with Crippen molar-refractivity contribution in [2.45, 2.75) is 19.3 Å². The monoisotopic (exact) mass is 409 g/mol. The molecule has 0 unspecified atom stereocenters. The van der Waals surface area contributed by atoms with E-state index in [1.807, 2.05) is 0 Å². The summed E-state index contributed by atoms with van der Waals surface area (Å²) >= 11 is 5.83. The normalized spacial score (nSPS) is 27.4. The second-order valence-corrected chi connectivity index (χ2v) is 8.55. The summed E-state index contributed by atoms with van der Waals surface area (Å²) in [6, 6.07) is 13.4. The summed E-state index contributed by atoms with van der Waals surface area (Å²) in [5.41, 5.74) is 1.10. The Morgan fingerprint density at radius 1 is 0.931 bits per heavy atom. The summed E-state index contributed by atoms with van der Waals surface area (Å²) in [6.45, 7) is -0.101. The molecule has 0 N–H and O–H groups in total. The summed E-state index contributed by atoms with van der Waals surface area (Å²) in [5.74, 6) is 0.719. The third-order valence-corrected chi connectivity index (χ3v) is 6.81. The number of fused-ring (bicyclic) bond motifs is 5. The first-order chi connectivity index (χ1) is 14.0. The van der Waals surface area contributed by atoms with Gasteiger partial charge in [-0.25, -0.2) is 0 Å². The molecule has 6 heteroatoms. The number of imide groups is 1. The second kappa shape index (κ2) is 6.99. The highest BCUT2D eigenvalue weighted by Gasteiger charge is 2.61. The van der Waals surface area contributed by atoms with Gasteiger partial charge in [-0.15, -0.1) is 0 Å². The fourth-order valence-electron chi connectivity index (χ4n) is 5.22. The molecule has 2 saturated carbocycles. The van der Waals surface area contributed by atoms with E-state index in [2.05, 4.69) is 0 Å². The van der Waals surface area contributed by atoms with E-state index in [9.17, 15) is 14.4 Å². The molecule has 29 heavy (non-hydrogen) atoms. The van der Waals surface area contributed by atoms with Gasteiger partial charge in [0.1, 0.15) is 5.75 Å². The van der Waals surface area contributed by atoms with Gasteiger partial charge in [0.25, 0.3) is 0 Å². The van der Waals surface area contributed by atoms with Crippen molar-refractivity contribution in [1.82, 2.24) is 0 Å². The molecule has 5 rings (SSSR count). The molecule has 0 aromatic heterocycles. The highest BCUT2D eigenvalue weighted by Crippen LogP contribution is 2.56. The summed E-state index contributed by atoms with van der Waals surface area (Å²) in [7, 11) is 0. The Balaban J connectivity index is 1.26. The first kappa shape index (κ1) is 18.4. The van der Waals surface area contributed by atoms with Gasteiger partial charge in [-0.2, -0.15) is 0 Å². The van der Waals surface area contributed by atoms with E-state index >= 15 is 0 Å². The number of rotatable bonds is 5. The molecule has 3 fully saturated rings. The molecule has 1 aliphatic heterocycles. The number of nitrogens with zero attached hydrogens (tertiary/aromatic N) is 1. The summed E-state index contributed by atoms with van der Waals surface area (Å²) in [4.78, 5) is 39.3. The summed E-state index contributed by atoms with van der Waals surface area (Å²) < 4.78 is 5.57. The first-order valence-corrected chi connectivity index (χ1v) is 10.3. The van der Waals surface area contributed by atoms with Crippen molar-refractivity contribution < 1.29 is 19.1 Å². The minimum Gasteiger partial charge on any atom is -0.485 e. The van der Waals surface area contributed by atoms with Crippen molar-refractivity contribution in [2.75, 3.05) is 11.5 Å². The molecule has 2 aromatic carbocycles. The van der Waals surface area contributed by atoms with Crippen LogP contribution in [0.1, 0.15) is 29.6 Å². The molecule has 2 aliphatic carbocycles. The van der Waals surface area contributed by atoms with Crippen molar-refractivity contribution in [3.8, 4) is 5.75 Å². The number of hydrogen-bond donors (Lipinski definition) is 0. The number of hydrogen-bond acceptors (Lipinski definition) is 4. The molecule has 5 nitrogen and oxygen atoms in total. The van der Waals surface area contributed by atoms with Crippen LogP contribution in [0.4, 0.5) is 5.69 Å². The van der Waals surface area contributed by atoms with E-state index in [0.717, 1.165) is 19.3 Å². The van der Waals surface area contributed by atoms with Crippen LogP contribution in [-0.4, -0.2) is 24.2 Å². The zero-order chi connectivity index (χ0) is 20.1. The number of amides is 2. The Hall–Kier alpha value is -2.66. The van der Waals surface area contributed by atoms with E-state index in [1.54, 1.807) is 48.5 Å². The average Bonchev–Trinajstić information content (AvgIpc) is 3.41. The van der Waals surface area contributed by atoms with Crippen LogP contribution in [0.5, 0.6) is 5.75 Å². The summed E-state index contributed by atoms with van der Waals surface area (Å²) in [5, 5.41) is 0.571. The molecule has 2 aromatic rings. The Morgan fingerprint density at radius 3 is 2.10 bits per heavy atom. The van der Waals surface area contributed by atoms with Crippen molar-refractivity contribution >= 4 is 34.9 Å². The number of anilines is 1. The molecular weight excluding hydrogens is 390 g/mol. The maximum Gasteiger partial charge on any atom is 0.237 e. The van der Waals surface area contributed by atoms with Gasteiger partial charge < -0.3 is 4.74 Å². The van der Waals surface area contributed by atoms with E-state index in [-0.39, 0.29) is 36.0 Å². The molecule has 4 atom stereocenters. The molecule has 0 radical (unpaired) electrons. The van der Waals surface area contributed by atoms with Gasteiger partial charge in [0, 0.05) is 10.6 Å². The third kappa shape index (κ3) is 3.04. The summed E-state index contributed by atoms with van der Waals surface area (Å²) in [6.07, 6.45) is 3.15. The topological polar surface area (TPSA) is 63.7 Å². The van der Waals surface area contributed by atoms with Crippen molar-refractivity contribution in [1.29, 1.82) is 0 Å². The van der Waals surface area contributed by atoms with Crippen LogP contribution in [0.3, 0.4) is 0 Å². The van der Waals surface area contributed by atoms with Crippen LogP contribution < -0.4 is 9.64 Å². The van der Waals surface area contributed by atoms with Crippen LogP contribution in [0.25, 0.3) is 0 Å². The smallest absolute Gasteiger partial charge is 0.237 e. The van der Waals surface area contributed by atoms with Gasteiger partial charge in [0.05, 0.1) is 17.5 Å². The van der Waals surface area contributed by atoms with Crippen LogP contribution in [0.2, 0.25) is 5.02 Å². The zero-order valence-corrected chi connectivity index (χ0v) is 16.5. The lowest BCUT2D eigenvalue weighted by Gasteiger charge is -2.19. The maximum atomic E-state index is 12.9. The van der Waals surface area contributed by atoms with Crippen LogP contribution in [0.15, 0.2) is 48.5 Å². The zero-order valence-electron chi connectivity index (χ0n) is 15.7. The molecule has 1 saturated heterocycles. The standard InChI is InChI=1S/C23H20ClNO4/c24-16-5-3-13(4-6-16)19(26)12-29-18-9-7-17(8-10-18)25-22(27)20-14-1-2-15(11-14)21(20)23(25)28/h3-10,14-15,20-21H,1-2,11-12H2/t14-,15-,20-,21+/m0/s1. The first-order valence-electron chi connectivity index (χ1n) is 9.92. The largest absolute Gasteiger partial charge is 0.485 e. The lowest BCUT2D eigenvalue weighted by molar-refractivity contribution is -0.123. The molecule has 2 amide bonds. The minimum absolute atomic E-state index is 0.0567. The Morgan fingerprint density at radius 2 is 1.52 bits per heavy atom. The third-order valence-electron chi connectivity index (χ3n) is 6.56. The SMILES string of the molecule is O=C(COc1ccc(N2C(=O)[C@@H]3[C@H]4CC[C@@H](C4)[C@@H]3C2=O)cc1)c1ccc(Cl)cc1. The molecular formula is C23H20ClNO4. The lowest BCUT2D eigenvalue weighted by Crippen LogP contribution is -2.32. The Bertz CT molecular complexity index is 957. The highest BCUT2D eigenvalue weighted by atomic mass is 35.5. The fraction of sp³-hybridized carbons (Fsp3) is 0.348. The van der Waals surface area contributed by atoms with Gasteiger partial charge in [-0.05, 0) is 79.6 Å². The maximum absolute atomic E-state index is 12.9. The fourth-order valence-corrected chi connectivity index (χ4v) is 5.35. The number of ketones is 1. The highest BCUT2D eigenvalue weighted by molar-refractivity contribution is 6.30. The molecule has 148 valence electrons. The predicted molar refractivity (Wildman–Crippen MR) is 108 cm³/mol. The predicted octanol–water partition coefficient (Wildman–Crippen LogP) is 4.14. The number of benzene rings is 2. The van der Waals surface area contributed by atoms with Crippen LogP contribution in [-0.2, 0) is 9.59 Å². The van der Waals surface area contributed by atoms with Gasteiger partial charge in [0.2, 0.25) is 11.8 Å². The number of Topliss-reactive ketones (excluding diaryl/α,β-unsaturated/α-hetero) is 1. The van der Waals surface area contributed by atoms with Gasteiger partial charge in [-0.1, -0.05) is 11.6 Å². The molecule has 0 spiro atoms. The average molecular weight is 410 g/mol. The van der Waals surface area contributed by atoms with Crippen molar-refractivity contribution in [3.63, 3.8) is 0 Å². The van der Waals surface area contributed by atoms with E-state index in [1.165, 1.54) is 4.90 Å². The number of carbonyl (C=O) groups is 3. The Kier molecular flexibility index (Phi) is 4.43. The molecule has 3 aliphatic rings. The van der Waals surface area contributed by atoms with E-state index in [0.29, 0.717) is 33.9 Å². The van der Waals surface area contributed by atoms with Gasteiger partial charge in [0.15, 0.2) is 12.4 Å². The van der Waals surface area contributed by atoms with Crippen molar-refractivity contribution in [2.24, 2.45) is 23.7 Å². The number of carbonyl (C=O) groups excluding carboxylic acids is 3.